The molecule has 3 saturated carbocycles. The molecule has 4 fully saturated rings. The van der Waals surface area contributed by atoms with Crippen molar-refractivity contribution < 1.29 is 14.4 Å². The number of nitrogens with zero attached hydrogens (tertiary/aromatic N) is 2. The van der Waals surface area contributed by atoms with Crippen LogP contribution in [0.1, 0.15) is 105 Å². The van der Waals surface area contributed by atoms with Gasteiger partial charge in [-0.05, 0) is 120 Å². The van der Waals surface area contributed by atoms with E-state index in [1.54, 1.807) is 0 Å². The average molecular weight is 512 g/mol. The standard InChI is InChI=1S/C31H49N3O3/c1-20(2)34(19-23-8-6-7-17-32-23)29(36)37-33-21(3)26-11-12-27-25-10-9-22-18-24(35)13-15-30(22,4)28(25)14-16-31(26,27)5/h18,20,23,25-28,32H,6-17,19H2,1-5H3/b33-21+/t23?,25-,26+,27-,28-,30-,31+/m0/s1. The van der Waals surface area contributed by atoms with Crippen LogP contribution in [0.2, 0.25) is 0 Å². The smallest absolute Gasteiger partial charge is 0.312 e. The summed E-state index contributed by atoms with van der Waals surface area (Å²) in [5.74, 6) is 2.82. The van der Waals surface area contributed by atoms with E-state index in [2.05, 4.69) is 45.1 Å². The van der Waals surface area contributed by atoms with Crippen LogP contribution in [0, 0.1) is 34.5 Å². The Labute approximate surface area is 224 Å². The first-order valence-corrected chi connectivity index (χ1v) is 15.1. The van der Waals surface area contributed by atoms with Gasteiger partial charge in [0.25, 0.3) is 0 Å². The van der Waals surface area contributed by atoms with Gasteiger partial charge in [-0.3, -0.25) is 9.63 Å². The van der Waals surface area contributed by atoms with Gasteiger partial charge in [0, 0.05) is 31.0 Å². The molecular formula is C31H49N3O3. The lowest BCUT2D eigenvalue weighted by atomic mass is 9.46. The molecule has 4 aliphatic carbocycles. The number of ketones is 1. The molecule has 0 aromatic rings. The highest BCUT2D eigenvalue weighted by molar-refractivity contribution is 5.91. The van der Waals surface area contributed by atoms with Gasteiger partial charge in [-0.25, -0.2) is 4.79 Å². The van der Waals surface area contributed by atoms with Crippen molar-refractivity contribution in [2.45, 2.75) is 117 Å². The number of hydrogen-bond donors (Lipinski definition) is 1. The lowest BCUT2D eigenvalue weighted by Gasteiger charge is -2.58. The molecule has 1 heterocycles. The van der Waals surface area contributed by atoms with Crippen LogP contribution in [0.25, 0.3) is 0 Å². The molecule has 5 aliphatic rings. The first kappa shape index (κ1) is 26.9. The molecule has 0 radical (unpaired) electrons. The van der Waals surface area contributed by atoms with Gasteiger partial charge in [-0.2, -0.15) is 0 Å². The SMILES string of the molecule is C/C(=N\OC(=O)N(CC1CCCCN1)C(C)C)[C@H]1CC[C@H]2[C@@H]3CCC4=CC(=O)CC[C@]4(C)[C@H]3CC[C@]12C. The number of allylic oxidation sites excluding steroid dienone is 1. The molecule has 0 spiro atoms. The number of nitrogens with one attached hydrogen (secondary N) is 1. The molecule has 37 heavy (non-hydrogen) atoms. The first-order chi connectivity index (χ1) is 17.6. The summed E-state index contributed by atoms with van der Waals surface area (Å²) >= 11 is 0. The number of carbonyl (C=O) groups is 2. The summed E-state index contributed by atoms with van der Waals surface area (Å²) in [6.45, 7) is 12.8. The quantitative estimate of drug-likeness (QED) is 0.260. The highest BCUT2D eigenvalue weighted by atomic mass is 16.7. The summed E-state index contributed by atoms with van der Waals surface area (Å²) in [4.78, 5) is 32.6. The number of fused-ring (bicyclic) bond motifs is 5. The average Bonchev–Trinajstić information content (AvgIpc) is 3.24. The molecule has 1 unspecified atom stereocenters. The van der Waals surface area contributed by atoms with E-state index in [1.165, 1.54) is 44.1 Å². The van der Waals surface area contributed by atoms with Crippen LogP contribution >= 0.6 is 0 Å². The van der Waals surface area contributed by atoms with Crippen molar-refractivity contribution in [2.75, 3.05) is 13.1 Å². The lowest BCUT2D eigenvalue weighted by Crippen LogP contribution is -2.51. The molecule has 7 atom stereocenters. The first-order valence-electron chi connectivity index (χ1n) is 15.1. The summed E-state index contributed by atoms with van der Waals surface area (Å²) in [7, 11) is 0. The van der Waals surface area contributed by atoms with Gasteiger partial charge in [-0.1, -0.05) is 31.0 Å². The Hall–Kier alpha value is -1.69. The van der Waals surface area contributed by atoms with Gasteiger partial charge in [0.05, 0.1) is 5.71 Å². The van der Waals surface area contributed by atoms with E-state index in [9.17, 15) is 9.59 Å². The number of carbonyl (C=O) groups excluding carboxylic acids is 2. The van der Waals surface area contributed by atoms with E-state index in [0.29, 0.717) is 36.1 Å². The molecule has 5 rings (SSSR count). The molecular weight excluding hydrogens is 462 g/mol. The highest BCUT2D eigenvalue weighted by Crippen LogP contribution is 2.66. The van der Waals surface area contributed by atoms with Gasteiger partial charge in [-0.15, -0.1) is 0 Å². The number of oxime groups is 1. The third kappa shape index (κ3) is 4.92. The van der Waals surface area contributed by atoms with Gasteiger partial charge in [0.2, 0.25) is 0 Å². The molecule has 0 bridgehead atoms. The second-order valence-corrected chi connectivity index (χ2v) is 13.6. The molecule has 1 saturated heterocycles. The van der Waals surface area contributed by atoms with E-state index >= 15 is 0 Å². The predicted molar refractivity (Wildman–Crippen MR) is 147 cm³/mol. The van der Waals surface area contributed by atoms with Gasteiger partial charge >= 0.3 is 6.09 Å². The molecule has 1 amide bonds. The zero-order valence-electron chi connectivity index (χ0n) is 23.9. The third-order valence-electron chi connectivity index (χ3n) is 11.4. The minimum atomic E-state index is -0.323. The minimum absolute atomic E-state index is 0.0806. The molecule has 1 N–H and O–H groups in total. The summed E-state index contributed by atoms with van der Waals surface area (Å²) < 4.78 is 0. The zero-order chi connectivity index (χ0) is 26.4. The molecule has 0 aromatic heterocycles. The predicted octanol–water partition coefficient (Wildman–Crippen LogP) is 6.50. The molecule has 1 aliphatic heterocycles. The third-order valence-corrected chi connectivity index (χ3v) is 11.4. The lowest BCUT2D eigenvalue weighted by molar-refractivity contribution is -0.117. The van der Waals surface area contributed by atoms with Crippen LogP contribution in [-0.2, 0) is 9.63 Å². The highest BCUT2D eigenvalue weighted by Gasteiger charge is 2.59. The number of amides is 1. The van der Waals surface area contributed by atoms with Crippen molar-refractivity contribution in [1.82, 2.24) is 10.2 Å². The van der Waals surface area contributed by atoms with Crippen molar-refractivity contribution >= 4 is 17.6 Å². The zero-order valence-corrected chi connectivity index (χ0v) is 23.9. The maximum atomic E-state index is 13.1. The monoisotopic (exact) mass is 511 g/mol. The topological polar surface area (TPSA) is 71.0 Å². The van der Waals surface area contributed by atoms with E-state index in [4.69, 9.17) is 4.84 Å². The maximum Gasteiger partial charge on any atom is 0.436 e. The number of hydrogen-bond acceptors (Lipinski definition) is 5. The summed E-state index contributed by atoms with van der Waals surface area (Å²) in [5.41, 5.74) is 2.85. The van der Waals surface area contributed by atoms with Crippen LogP contribution in [0.15, 0.2) is 16.8 Å². The van der Waals surface area contributed by atoms with E-state index in [-0.39, 0.29) is 23.0 Å². The van der Waals surface area contributed by atoms with Crippen molar-refractivity contribution in [3.05, 3.63) is 11.6 Å². The van der Waals surface area contributed by atoms with Gasteiger partial charge < -0.3 is 10.2 Å². The van der Waals surface area contributed by atoms with Crippen LogP contribution in [-0.4, -0.2) is 47.7 Å². The Morgan fingerprint density at radius 1 is 1.11 bits per heavy atom. The minimum Gasteiger partial charge on any atom is -0.312 e. The van der Waals surface area contributed by atoms with Gasteiger partial charge in [0.1, 0.15) is 0 Å². The summed E-state index contributed by atoms with van der Waals surface area (Å²) in [5, 5.41) is 8.03. The Balaban J connectivity index is 1.26. The van der Waals surface area contributed by atoms with Crippen LogP contribution in [0.5, 0.6) is 0 Å². The fourth-order valence-electron chi connectivity index (χ4n) is 9.29. The Kier molecular flexibility index (Phi) is 7.61. The summed E-state index contributed by atoms with van der Waals surface area (Å²) in [6.07, 6.45) is 14.1. The number of rotatable bonds is 5. The second-order valence-electron chi connectivity index (χ2n) is 13.6. The van der Waals surface area contributed by atoms with Gasteiger partial charge in [0.15, 0.2) is 5.78 Å². The van der Waals surface area contributed by atoms with E-state index < -0.39 is 0 Å². The summed E-state index contributed by atoms with van der Waals surface area (Å²) in [6, 6.07) is 0.422. The fourth-order valence-corrected chi connectivity index (χ4v) is 9.29. The second kappa shape index (κ2) is 10.5. The molecule has 6 nitrogen and oxygen atoms in total. The Bertz CT molecular complexity index is 951. The van der Waals surface area contributed by atoms with Crippen molar-refractivity contribution in [2.24, 2.45) is 39.7 Å². The molecule has 206 valence electrons. The van der Waals surface area contributed by atoms with Crippen LogP contribution in [0.3, 0.4) is 0 Å². The maximum absolute atomic E-state index is 13.1. The largest absolute Gasteiger partial charge is 0.436 e. The molecule has 0 aromatic carbocycles. The Morgan fingerprint density at radius 2 is 1.92 bits per heavy atom. The van der Waals surface area contributed by atoms with Crippen molar-refractivity contribution in [3.8, 4) is 0 Å². The van der Waals surface area contributed by atoms with E-state index in [0.717, 1.165) is 50.3 Å². The van der Waals surface area contributed by atoms with Crippen LogP contribution in [0.4, 0.5) is 4.79 Å². The van der Waals surface area contributed by atoms with E-state index in [1.807, 2.05) is 11.0 Å². The number of piperidine rings is 1. The fraction of sp³-hybridized carbons (Fsp3) is 0.839. The van der Waals surface area contributed by atoms with Crippen molar-refractivity contribution in [1.29, 1.82) is 0 Å². The Morgan fingerprint density at radius 3 is 2.65 bits per heavy atom. The van der Waals surface area contributed by atoms with Crippen LogP contribution < -0.4 is 5.32 Å². The normalized spacial score (nSPS) is 39.9. The molecule has 6 heteroatoms. The van der Waals surface area contributed by atoms with Crippen molar-refractivity contribution in [3.63, 3.8) is 0 Å².